The number of anilines is 2. The smallest absolute Gasteiger partial charge is 0.348 e. The van der Waals surface area contributed by atoms with Crippen LogP contribution in [0.15, 0.2) is 30.3 Å². The Labute approximate surface area is 175 Å². The van der Waals surface area contributed by atoms with Gasteiger partial charge in [-0.15, -0.1) is 11.3 Å². The van der Waals surface area contributed by atoms with Crippen LogP contribution in [-0.4, -0.2) is 63.2 Å². The molecule has 0 unspecified atom stereocenters. The molecule has 0 saturated carbocycles. The maximum atomic E-state index is 12.4. The van der Waals surface area contributed by atoms with E-state index in [0.717, 1.165) is 43.2 Å². The number of amides is 1. The highest BCUT2D eigenvalue weighted by Gasteiger charge is 2.21. The first kappa shape index (κ1) is 21.1. The number of thiophene rings is 1. The topological polar surface area (TPSA) is 71.1 Å². The van der Waals surface area contributed by atoms with Crippen LogP contribution < -0.4 is 15.0 Å². The fraction of sp³-hybridized carbons (Fsp3) is 0.429. The maximum absolute atomic E-state index is 12.4. The van der Waals surface area contributed by atoms with Crippen LogP contribution in [-0.2, 0) is 9.53 Å². The fourth-order valence-corrected chi connectivity index (χ4v) is 4.28. The highest BCUT2D eigenvalue weighted by atomic mass is 32.1. The average Bonchev–Trinajstić information content (AvgIpc) is 3.08. The Balaban J connectivity index is 1.50. The molecule has 156 valence electrons. The van der Waals surface area contributed by atoms with E-state index >= 15 is 0 Å². The number of aryl methyl sites for hydroxylation is 1. The summed E-state index contributed by atoms with van der Waals surface area (Å²) in [5.74, 6) is 0.429. The molecule has 1 N–H and O–H groups in total. The minimum absolute atomic E-state index is 0.0727. The number of hydrogen-bond acceptors (Lipinski definition) is 7. The Hall–Kier alpha value is -2.58. The van der Waals surface area contributed by atoms with E-state index in [1.165, 1.54) is 11.3 Å². The van der Waals surface area contributed by atoms with E-state index in [-0.39, 0.29) is 11.9 Å². The number of nitrogens with zero attached hydrogens (tertiary/aromatic N) is 2. The van der Waals surface area contributed by atoms with Crippen LogP contribution in [0, 0.1) is 6.92 Å². The summed E-state index contributed by atoms with van der Waals surface area (Å²) in [4.78, 5) is 29.3. The second-order valence-corrected chi connectivity index (χ2v) is 7.91. The van der Waals surface area contributed by atoms with Gasteiger partial charge in [-0.3, -0.25) is 9.69 Å². The number of ether oxygens (including phenoxy) is 2. The summed E-state index contributed by atoms with van der Waals surface area (Å²) in [6, 6.07) is 9.84. The van der Waals surface area contributed by atoms with Crippen molar-refractivity contribution in [2.24, 2.45) is 0 Å². The molecule has 0 aliphatic carbocycles. The molecule has 3 rings (SSSR count). The highest BCUT2D eigenvalue weighted by Crippen LogP contribution is 2.27. The molecule has 1 fully saturated rings. The molecular weight excluding hydrogens is 390 g/mol. The minimum atomic E-state index is -0.343. The van der Waals surface area contributed by atoms with Gasteiger partial charge in [0.1, 0.15) is 10.6 Å². The van der Waals surface area contributed by atoms with E-state index in [0.29, 0.717) is 23.0 Å². The molecule has 0 bridgehead atoms. The summed E-state index contributed by atoms with van der Waals surface area (Å²) >= 11 is 1.25. The van der Waals surface area contributed by atoms with Gasteiger partial charge in [-0.05, 0) is 37.6 Å². The van der Waals surface area contributed by atoms with Gasteiger partial charge in [0, 0.05) is 37.9 Å². The molecule has 1 aromatic carbocycles. The summed E-state index contributed by atoms with van der Waals surface area (Å²) in [5.41, 5.74) is 1.95. The van der Waals surface area contributed by atoms with Crippen molar-refractivity contribution < 1.29 is 19.1 Å². The Bertz CT molecular complexity index is 859. The molecule has 2 heterocycles. The lowest BCUT2D eigenvalue weighted by Crippen LogP contribution is -2.48. The molecule has 0 spiro atoms. The van der Waals surface area contributed by atoms with Crippen LogP contribution in [0.3, 0.4) is 0 Å². The Morgan fingerprint density at radius 2 is 1.93 bits per heavy atom. The number of methoxy groups -OCH3 is 1. The Morgan fingerprint density at radius 3 is 2.62 bits per heavy atom. The molecule has 1 aromatic heterocycles. The van der Waals surface area contributed by atoms with Crippen LogP contribution in [0.5, 0.6) is 5.75 Å². The molecular formula is C21H27N3O4S. The van der Waals surface area contributed by atoms with Crippen molar-refractivity contribution in [2.45, 2.75) is 13.8 Å². The van der Waals surface area contributed by atoms with Crippen molar-refractivity contribution in [3.05, 3.63) is 40.8 Å². The molecule has 29 heavy (non-hydrogen) atoms. The normalized spacial score (nSPS) is 14.5. The number of nitrogens with one attached hydrogen (secondary N) is 1. The number of hydrogen-bond donors (Lipinski definition) is 1. The number of benzene rings is 1. The van der Waals surface area contributed by atoms with Gasteiger partial charge in [-0.25, -0.2) is 4.79 Å². The first-order chi connectivity index (χ1) is 14.0. The van der Waals surface area contributed by atoms with Crippen LogP contribution in [0.4, 0.5) is 10.7 Å². The fourth-order valence-electron chi connectivity index (χ4n) is 3.29. The van der Waals surface area contributed by atoms with E-state index in [1.54, 1.807) is 14.0 Å². The number of carbonyl (C=O) groups is 2. The summed E-state index contributed by atoms with van der Waals surface area (Å²) < 4.78 is 10.3. The average molecular weight is 418 g/mol. The zero-order valence-electron chi connectivity index (χ0n) is 17.1. The van der Waals surface area contributed by atoms with Gasteiger partial charge in [0.25, 0.3) is 0 Å². The molecule has 1 saturated heterocycles. The van der Waals surface area contributed by atoms with Crippen LogP contribution in [0.2, 0.25) is 0 Å². The van der Waals surface area contributed by atoms with E-state index in [2.05, 4.69) is 21.2 Å². The largest absolute Gasteiger partial charge is 0.497 e. The van der Waals surface area contributed by atoms with Gasteiger partial charge >= 0.3 is 5.97 Å². The van der Waals surface area contributed by atoms with E-state index in [9.17, 15) is 9.59 Å². The number of carbonyl (C=O) groups excluding carboxylic acids is 2. The minimum Gasteiger partial charge on any atom is -0.497 e. The third-order valence-electron chi connectivity index (χ3n) is 4.80. The van der Waals surface area contributed by atoms with Gasteiger partial charge in [0.2, 0.25) is 5.91 Å². The molecule has 1 aliphatic heterocycles. The standard InChI is InChI=1S/C21H27N3O4S/c1-4-28-21(26)20-15(2)12-19(29-20)22-18(25)14-23-8-10-24(11-9-23)16-6-5-7-17(13-16)27-3/h5-7,12-13H,4,8-11,14H2,1-3H3,(H,22,25). The van der Waals surface area contributed by atoms with Crippen molar-refractivity contribution >= 4 is 33.9 Å². The predicted molar refractivity (Wildman–Crippen MR) is 115 cm³/mol. The quantitative estimate of drug-likeness (QED) is 0.699. The first-order valence-electron chi connectivity index (χ1n) is 9.69. The number of rotatable bonds is 7. The van der Waals surface area contributed by atoms with E-state index in [1.807, 2.05) is 31.2 Å². The van der Waals surface area contributed by atoms with Crippen LogP contribution >= 0.6 is 11.3 Å². The monoisotopic (exact) mass is 417 g/mol. The van der Waals surface area contributed by atoms with Gasteiger partial charge in [-0.2, -0.15) is 0 Å². The van der Waals surface area contributed by atoms with Crippen LogP contribution in [0.1, 0.15) is 22.2 Å². The van der Waals surface area contributed by atoms with Crippen molar-refractivity contribution in [2.75, 3.05) is 56.7 Å². The summed E-state index contributed by atoms with van der Waals surface area (Å²) in [6.07, 6.45) is 0. The SMILES string of the molecule is CCOC(=O)c1sc(NC(=O)CN2CCN(c3cccc(OC)c3)CC2)cc1C. The van der Waals surface area contributed by atoms with Gasteiger partial charge < -0.3 is 19.7 Å². The Kier molecular flexibility index (Phi) is 7.11. The summed E-state index contributed by atoms with van der Waals surface area (Å²) in [5, 5.41) is 3.58. The van der Waals surface area contributed by atoms with Gasteiger partial charge in [0.15, 0.2) is 0 Å². The number of esters is 1. The first-order valence-corrected chi connectivity index (χ1v) is 10.5. The number of piperazine rings is 1. The van der Waals surface area contributed by atoms with E-state index < -0.39 is 0 Å². The highest BCUT2D eigenvalue weighted by molar-refractivity contribution is 7.18. The van der Waals surface area contributed by atoms with Crippen molar-refractivity contribution in [1.82, 2.24) is 4.90 Å². The molecule has 1 aliphatic rings. The summed E-state index contributed by atoms with van der Waals surface area (Å²) in [6.45, 7) is 7.60. The van der Waals surface area contributed by atoms with Crippen molar-refractivity contribution in [1.29, 1.82) is 0 Å². The molecule has 0 radical (unpaired) electrons. The lowest BCUT2D eigenvalue weighted by Gasteiger charge is -2.35. The van der Waals surface area contributed by atoms with Crippen molar-refractivity contribution in [3.8, 4) is 5.75 Å². The molecule has 8 heteroatoms. The van der Waals surface area contributed by atoms with Gasteiger partial charge in [-0.1, -0.05) is 6.07 Å². The third kappa shape index (κ3) is 5.48. The van der Waals surface area contributed by atoms with Crippen LogP contribution in [0.25, 0.3) is 0 Å². The zero-order chi connectivity index (χ0) is 20.8. The maximum Gasteiger partial charge on any atom is 0.348 e. The molecule has 1 amide bonds. The summed E-state index contributed by atoms with van der Waals surface area (Å²) in [7, 11) is 1.67. The van der Waals surface area contributed by atoms with Gasteiger partial charge in [0.05, 0.1) is 25.3 Å². The lowest BCUT2D eigenvalue weighted by molar-refractivity contribution is -0.117. The van der Waals surface area contributed by atoms with E-state index in [4.69, 9.17) is 9.47 Å². The zero-order valence-corrected chi connectivity index (χ0v) is 17.9. The lowest BCUT2D eigenvalue weighted by atomic mass is 10.2. The second-order valence-electron chi connectivity index (χ2n) is 6.86. The molecule has 2 aromatic rings. The third-order valence-corrected chi connectivity index (χ3v) is 5.93. The molecule has 0 atom stereocenters. The molecule has 7 nitrogen and oxygen atoms in total. The van der Waals surface area contributed by atoms with Crippen molar-refractivity contribution in [3.63, 3.8) is 0 Å². The second kappa shape index (κ2) is 9.76. The Morgan fingerprint density at radius 1 is 1.17 bits per heavy atom. The predicted octanol–water partition coefficient (Wildman–Crippen LogP) is 3.00.